The molecule has 1 saturated heterocycles. The highest BCUT2D eigenvalue weighted by molar-refractivity contribution is 7.89. The molecule has 0 aliphatic carbocycles. The summed E-state index contributed by atoms with van der Waals surface area (Å²) in [4.78, 5) is 9.40. The summed E-state index contributed by atoms with van der Waals surface area (Å²) < 4.78 is 38.3. The van der Waals surface area contributed by atoms with Crippen LogP contribution < -0.4 is 9.46 Å². The summed E-state index contributed by atoms with van der Waals surface area (Å²) in [6.45, 7) is 2.09. The molecule has 5 rings (SSSR count). The number of hydrogen-bond donors (Lipinski definition) is 4. The van der Waals surface area contributed by atoms with E-state index in [1.54, 1.807) is 12.4 Å². The third-order valence-electron chi connectivity index (χ3n) is 6.72. The van der Waals surface area contributed by atoms with E-state index in [1.807, 2.05) is 25.1 Å². The van der Waals surface area contributed by atoms with Crippen LogP contribution in [0.15, 0.2) is 36.7 Å². The Morgan fingerprint density at radius 3 is 2.76 bits per heavy atom. The predicted octanol–water partition coefficient (Wildman–Crippen LogP) is 2.03. The lowest BCUT2D eigenvalue weighted by Crippen LogP contribution is -2.39. The third kappa shape index (κ3) is 5.64. The van der Waals surface area contributed by atoms with Gasteiger partial charge in [-0.05, 0) is 55.0 Å². The first-order chi connectivity index (χ1) is 18.4. The summed E-state index contributed by atoms with van der Waals surface area (Å²) in [6.07, 6.45) is 4.25. The molecule has 1 unspecified atom stereocenters. The van der Waals surface area contributed by atoms with E-state index in [2.05, 4.69) is 26.0 Å². The van der Waals surface area contributed by atoms with E-state index in [0.29, 0.717) is 24.5 Å². The third-order valence-corrected chi connectivity index (χ3v) is 8.05. The van der Waals surface area contributed by atoms with Gasteiger partial charge in [-0.25, -0.2) is 18.1 Å². The largest absolute Gasteiger partial charge is 0.470 e. The zero-order valence-electron chi connectivity index (χ0n) is 21.1. The van der Waals surface area contributed by atoms with Crippen molar-refractivity contribution in [2.75, 3.05) is 38.7 Å². The Morgan fingerprint density at radius 1 is 1.21 bits per heavy atom. The first-order valence-electron chi connectivity index (χ1n) is 12.6. The molecule has 11 nitrogen and oxygen atoms in total. The SMILES string of the molecule is Cc1cc(-c2c(C3CCOCC3)nc(OC(CO)CNS(=O)(=O)CCO)c3cc4[nH]ncc4cc23)ccn1. The minimum absolute atomic E-state index is 0.120. The first-order valence-corrected chi connectivity index (χ1v) is 14.2. The minimum Gasteiger partial charge on any atom is -0.470 e. The van der Waals surface area contributed by atoms with Crippen molar-refractivity contribution in [3.63, 3.8) is 0 Å². The predicted molar refractivity (Wildman–Crippen MR) is 143 cm³/mol. The summed E-state index contributed by atoms with van der Waals surface area (Å²) in [7, 11) is -3.71. The number of aryl methyl sites for hydroxylation is 1. The van der Waals surface area contributed by atoms with Crippen LogP contribution in [-0.4, -0.2) is 83.6 Å². The van der Waals surface area contributed by atoms with E-state index in [1.165, 1.54) is 0 Å². The Hall–Kier alpha value is -3.16. The number of aromatic nitrogens is 4. The van der Waals surface area contributed by atoms with Crippen molar-refractivity contribution in [2.24, 2.45) is 0 Å². The zero-order chi connectivity index (χ0) is 26.7. The summed E-state index contributed by atoms with van der Waals surface area (Å²) in [5.41, 5.74) is 4.51. The van der Waals surface area contributed by atoms with Gasteiger partial charge in [0.2, 0.25) is 15.9 Å². The number of aromatic amines is 1. The fourth-order valence-electron chi connectivity index (χ4n) is 4.81. The second-order valence-corrected chi connectivity index (χ2v) is 11.3. The number of nitrogens with zero attached hydrogens (tertiary/aromatic N) is 3. The van der Waals surface area contributed by atoms with Gasteiger partial charge in [-0.3, -0.25) is 10.1 Å². The first kappa shape index (κ1) is 26.4. The second kappa shape index (κ2) is 11.3. The molecule has 4 aromatic rings. The number of pyridine rings is 2. The number of benzene rings is 1. The number of aliphatic hydroxyl groups is 2. The van der Waals surface area contributed by atoms with Crippen molar-refractivity contribution in [2.45, 2.75) is 31.8 Å². The Balaban J connectivity index is 1.67. The van der Waals surface area contributed by atoms with Crippen LogP contribution in [0.2, 0.25) is 0 Å². The number of rotatable bonds is 10. The summed E-state index contributed by atoms with van der Waals surface area (Å²) >= 11 is 0. The van der Waals surface area contributed by atoms with Crippen LogP contribution in [0.4, 0.5) is 0 Å². The average molecular weight is 542 g/mol. The van der Waals surface area contributed by atoms with Crippen LogP contribution in [0.25, 0.3) is 32.8 Å². The number of nitrogens with one attached hydrogen (secondary N) is 2. The molecular weight excluding hydrogens is 510 g/mol. The van der Waals surface area contributed by atoms with E-state index >= 15 is 0 Å². The van der Waals surface area contributed by atoms with E-state index in [9.17, 15) is 13.5 Å². The molecule has 0 saturated carbocycles. The fraction of sp³-hybridized carbons (Fsp3) is 0.423. The van der Waals surface area contributed by atoms with Gasteiger partial charge in [-0.2, -0.15) is 5.10 Å². The van der Waals surface area contributed by atoms with Crippen LogP contribution in [-0.2, 0) is 14.8 Å². The number of aliphatic hydroxyl groups excluding tert-OH is 2. The lowest BCUT2D eigenvalue weighted by Gasteiger charge is -2.27. The van der Waals surface area contributed by atoms with Crippen molar-refractivity contribution < 1.29 is 28.1 Å². The number of fused-ring (bicyclic) bond motifs is 2. The smallest absolute Gasteiger partial charge is 0.222 e. The quantitative estimate of drug-likeness (QED) is 0.236. The maximum atomic E-state index is 12.1. The van der Waals surface area contributed by atoms with Crippen molar-refractivity contribution in [3.8, 4) is 17.0 Å². The van der Waals surface area contributed by atoms with E-state index in [4.69, 9.17) is 19.6 Å². The molecule has 1 fully saturated rings. The van der Waals surface area contributed by atoms with Crippen LogP contribution in [0.5, 0.6) is 5.88 Å². The molecule has 4 N–H and O–H groups in total. The van der Waals surface area contributed by atoms with E-state index < -0.39 is 35.1 Å². The molecular formula is C26H31N5O6S. The Kier molecular flexibility index (Phi) is 7.86. The van der Waals surface area contributed by atoms with Gasteiger partial charge < -0.3 is 19.7 Å². The number of ether oxygens (including phenoxy) is 2. The lowest BCUT2D eigenvalue weighted by molar-refractivity contribution is 0.0840. The maximum Gasteiger partial charge on any atom is 0.222 e. The standard InChI is InChI=1S/C26H31N5O6S/c1-16-10-18(2-5-27-16)24-21-11-19-13-28-31-23(19)12-22(21)26(30-25(24)17-3-7-36-8-4-17)37-20(15-33)14-29-38(34,35)9-6-32/h2,5,10-13,17,20,29,32-33H,3-4,6-9,14-15H2,1H3,(H,28,31). The molecule has 202 valence electrons. The highest BCUT2D eigenvalue weighted by Crippen LogP contribution is 2.42. The molecule has 0 radical (unpaired) electrons. The molecule has 4 heterocycles. The molecule has 38 heavy (non-hydrogen) atoms. The van der Waals surface area contributed by atoms with E-state index in [0.717, 1.165) is 51.6 Å². The maximum absolute atomic E-state index is 12.1. The highest BCUT2D eigenvalue weighted by atomic mass is 32.2. The molecule has 1 aromatic carbocycles. The number of hydrogen-bond acceptors (Lipinski definition) is 9. The molecule has 3 aromatic heterocycles. The van der Waals surface area contributed by atoms with Crippen molar-refractivity contribution in [1.82, 2.24) is 24.9 Å². The highest BCUT2D eigenvalue weighted by Gasteiger charge is 2.27. The Labute approximate surface area is 220 Å². The number of H-pyrrole nitrogens is 1. The average Bonchev–Trinajstić information content (AvgIpc) is 3.37. The van der Waals surface area contributed by atoms with Crippen LogP contribution in [0.3, 0.4) is 0 Å². The van der Waals surface area contributed by atoms with Gasteiger partial charge in [0.15, 0.2) is 0 Å². The second-order valence-electron chi connectivity index (χ2n) is 9.42. The monoisotopic (exact) mass is 541 g/mol. The lowest BCUT2D eigenvalue weighted by atomic mass is 9.87. The van der Waals surface area contributed by atoms with Gasteiger partial charge in [0.05, 0.1) is 36.4 Å². The van der Waals surface area contributed by atoms with Crippen LogP contribution in [0.1, 0.15) is 30.1 Å². The van der Waals surface area contributed by atoms with Crippen molar-refractivity contribution in [1.29, 1.82) is 0 Å². The topological polar surface area (TPSA) is 160 Å². The van der Waals surface area contributed by atoms with Crippen LogP contribution >= 0.6 is 0 Å². The zero-order valence-corrected chi connectivity index (χ0v) is 21.9. The molecule has 0 spiro atoms. The van der Waals surface area contributed by atoms with Gasteiger partial charge in [-0.1, -0.05) is 0 Å². The van der Waals surface area contributed by atoms with Crippen LogP contribution in [0, 0.1) is 6.92 Å². The summed E-state index contributed by atoms with van der Waals surface area (Å²) in [5, 5.41) is 28.8. The molecule has 1 aliphatic rings. The summed E-state index contributed by atoms with van der Waals surface area (Å²) in [6, 6.07) is 7.97. The van der Waals surface area contributed by atoms with Crippen molar-refractivity contribution in [3.05, 3.63) is 48.0 Å². The van der Waals surface area contributed by atoms with Gasteiger partial charge in [0.1, 0.15) is 6.10 Å². The minimum atomic E-state index is -3.71. The van der Waals surface area contributed by atoms with Gasteiger partial charge >= 0.3 is 0 Å². The van der Waals surface area contributed by atoms with E-state index in [-0.39, 0.29) is 12.5 Å². The summed E-state index contributed by atoms with van der Waals surface area (Å²) in [5.74, 6) is -0.0134. The number of sulfonamides is 1. The van der Waals surface area contributed by atoms with Gasteiger partial charge in [0, 0.05) is 53.9 Å². The van der Waals surface area contributed by atoms with Gasteiger partial charge in [0.25, 0.3) is 0 Å². The Morgan fingerprint density at radius 2 is 2.03 bits per heavy atom. The molecule has 1 atom stereocenters. The molecule has 1 aliphatic heterocycles. The Bertz CT molecular complexity index is 1530. The molecule has 0 amide bonds. The van der Waals surface area contributed by atoms with Crippen molar-refractivity contribution >= 4 is 31.7 Å². The van der Waals surface area contributed by atoms with Gasteiger partial charge in [-0.15, -0.1) is 0 Å². The molecule has 12 heteroatoms. The normalized spacial score (nSPS) is 15.8. The fourth-order valence-corrected chi connectivity index (χ4v) is 5.64. The molecule has 0 bridgehead atoms.